The van der Waals surface area contributed by atoms with Gasteiger partial charge in [0.1, 0.15) is 11.0 Å². The molecule has 90 valence electrons. The van der Waals surface area contributed by atoms with Gasteiger partial charge in [-0.2, -0.15) is 0 Å². The van der Waals surface area contributed by atoms with Crippen molar-refractivity contribution in [2.75, 3.05) is 5.75 Å². The highest BCUT2D eigenvalue weighted by Crippen LogP contribution is 2.24. The van der Waals surface area contributed by atoms with E-state index >= 15 is 0 Å². The number of hydrogen-bond acceptors (Lipinski definition) is 3. The summed E-state index contributed by atoms with van der Waals surface area (Å²) >= 11 is 0. The molecular weight excluding hydrogens is 236 g/mol. The molecular formula is C13H14O3S. The summed E-state index contributed by atoms with van der Waals surface area (Å²) in [5, 5.41) is -0.532. The Morgan fingerprint density at radius 3 is 2.53 bits per heavy atom. The van der Waals surface area contributed by atoms with Crippen LogP contribution in [0, 0.1) is 5.92 Å². The second kappa shape index (κ2) is 4.92. The summed E-state index contributed by atoms with van der Waals surface area (Å²) in [6, 6.07) is 8.86. The summed E-state index contributed by atoms with van der Waals surface area (Å²) < 4.78 is 11.9. The Hall–Kier alpha value is -1.29. The van der Waals surface area contributed by atoms with Gasteiger partial charge in [-0.05, 0) is 5.92 Å². The molecule has 4 heteroatoms. The van der Waals surface area contributed by atoms with Gasteiger partial charge in [0, 0.05) is 22.8 Å². The molecule has 2 rings (SSSR count). The quantitative estimate of drug-likeness (QED) is 0.749. The highest BCUT2D eigenvalue weighted by Gasteiger charge is 2.37. The van der Waals surface area contributed by atoms with Crippen LogP contribution in [0.3, 0.4) is 0 Å². The van der Waals surface area contributed by atoms with Crippen molar-refractivity contribution >= 4 is 22.4 Å². The third kappa shape index (κ3) is 2.52. The lowest BCUT2D eigenvalue weighted by atomic mass is 9.94. The molecule has 0 saturated carbocycles. The van der Waals surface area contributed by atoms with E-state index in [0.29, 0.717) is 12.0 Å². The topological polar surface area (TPSA) is 51.2 Å². The van der Waals surface area contributed by atoms with Crippen LogP contribution in [0.25, 0.3) is 0 Å². The first kappa shape index (κ1) is 12.2. The minimum atomic E-state index is -1.37. The molecule has 17 heavy (non-hydrogen) atoms. The first-order valence-corrected chi connectivity index (χ1v) is 6.96. The number of carbonyl (C=O) groups excluding carboxylic acids is 2. The zero-order valence-electron chi connectivity index (χ0n) is 9.59. The summed E-state index contributed by atoms with van der Waals surface area (Å²) in [5.41, 5.74) is 0.576. The predicted molar refractivity (Wildman–Crippen MR) is 66.4 cm³/mol. The molecule has 1 aliphatic heterocycles. The highest BCUT2D eigenvalue weighted by molar-refractivity contribution is 7.87. The van der Waals surface area contributed by atoms with Crippen LogP contribution in [0.2, 0.25) is 0 Å². The van der Waals surface area contributed by atoms with E-state index in [2.05, 4.69) is 0 Å². The second-order valence-corrected chi connectivity index (χ2v) is 5.95. The minimum Gasteiger partial charge on any atom is -0.299 e. The Balaban J connectivity index is 2.25. The van der Waals surface area contributed by atoms with E-state index in [1.807, 2.05) is 13.0 Å². The van der Waals surface area contributed by atoms with E-state index in [4.69, 9.17) is 0 Å². The fourth-order valence-corrected chi connectivity index (χ4v) is 3.78. The maximum absolute atomic E-state index is 12.2. The normalized spacial score (nSPS) is 29.0. The lowest BCUT2D eigenvalue weighted by molar-refractivity contribution is -0.117. The van der Waals surface area contributed by atoms with Gasteiger partial charge in [-0.15, -0.1) is 0 Å². The van der Waals surface area contributed by atoms with Crippen molar-refractivity contribution in [2.24, 2.45) is 5.92 Å². The highest BCUT2D eigenvalue weighted by atomic mass is 32.2. The van der Waals surface area contributed by atoms with Gasteiger partial charge < -0.3 is 0 Å². The summed E-state index contributed by atoms with van der Waals surface area (Å²) in [7, 11) is -1.37. The molecule has 0 aliphatic carbocycles. The maximum atomic E-state index is 12.2. The van der Waals surface area contributed by atoms with E-state index in [0.717, 1.165) is 0 Å². The van der Waals surface area contributed by atoms with Crippen molar-refractivity contribution in [3.63, 3.8) is 0 Å². The van der Waals surface area contributed by atoms with Gasteiger partial charge in [-0.1, -0.05) is 37.3 Å². The van der Waals surface area contributed by atoms with Crippen molar-refractivity contribution in [3.05, 3.63) is 35.9 Å². The molecule has 1 unspecified atom stereocenters. The molecule has 1 heterocycles. The Bertz CT molecular complexity index is 467. The molecule has 1 aromatic carbocycles. The molecule has 0 aromatic heterocycles. The van der Waals surface area contributed by atoms with Gasteiger partial charge in [0.15, 0.2) is 5.78 Å². The van der Waals surface area contributed by atoms with Crippen molar-refractivity contribution in [1.82, 2.24) is 0 Å². The van der Waals surface area contributed by atoms with Crippen LogP contribution in [-0.4, -0.2) is 26.8 Å². The van der Waals surface area contributed by atoms with Crippen LogP contribution in [0.15, 0.2) is 30.3 Å². The minimum absolute atomic E-state index is 0.00653. The van der Waals surface area contributed by atoms with Gasteiger partial charge >= 0.3 is 0 Å². The molecule has 0 amide bonds. The van der Waals surface area contributed by atoms with E-state index in [1.54, 1.807) is 24.3 Å². The van der Waals surface area contributed by atoms with Gasteiger partial charge in [-0.25, -0.2) is 0 Å². The van der Waals surface area contributed by atoms with Crippen molar-refractivity contribution in [2.45, 2.75) is 18.6 Å². The monoisotopic (exact) mass is 250 g/mol. The fourth-order valence-electron chi connectivity index (χ4n) is 2.18. The van der Waals surface area contributed by atoms with Gasteiger partial charge in [0.25, 0.3) is 0 Å². The molecule has 0 bridgehead atoms. The Morgan fingerprint density at radius 1 is 1.29 bits per heavy atom. The van der Waals surface area contributed by atoms with Crippen LogP contribution in [-0.2, 0) is 15.6 Å². The lowest BCUT2D eigenvalue weighted by Crippen LogP contribution is -2.41. The Kier molecular flexibility index (Phi) is 3.52. The first-order chi connectivity index (χ1) is 8.09. The number of benzene rings is 1. The number of carbonyl (C=O) groups is 2. The fraction of sp³-hybridized carbons (Fsp3) is 0.385. The summed E-state index contributed by atoms with van der Waals surface area (Å²) in [6.07, 6.45) is 0.356. The van der Waals surface area contributed by atoms with Crippen molar-refractivity contribution < 1.29 is 13.8 Å². The second-order valence-electron chi connectivity index (χ2n) is 4.40. The van der Waals surface area contributed by atoms with Gasteiger partial charge in [0.2, 0.25) is 0 Å². The third-order valence-electron chi connectivity index (χ3n) is 2.97. The smallest absolute Gasteiger partial charge is 0.178 e. The largest absolute Gasteiger partial charge is 0.299 e. The Morgan fingerprint density at radius 2 is 1.94 bits per heavy atom. The molecule has 1 fully saturated rings. The molecule has 1 saturated heterocycles. The Labute approximate surface area is 103 Å². The first-order valence-electron chi connectivity index (χ1n) is 5.57. The summed E-state index contributed by atoms with van der Waals surface area (Å²) in [4.78, 5) is 23.5. The van der Waals surface area contributed by atoms with Crippen LogP contribution >= 0.6 is 0 Å². The molecule has 0 radical (unpaired) electrons. The van der Waals surface area contributed by atoms with Crippen LogP contribution in [0.4, 0.5) is 0 Å². The zero-order chi connectivity index (χ0) is 12.4. The molecule has 0 spiro atoms. The predicted octanol–water partition coefficient (Wildman–Crippen LogP) is 1.60. The van der Waals surface area contributed by atoms with Gasteiger partial charge in [0.05, 0.1) is 5.75 Å². The SMILES string of the molecule is C[C@H]1CC(=O)CS(=O)[C@@H]1C(=O)c1ccccc1. The summed E-state index contributed by atoms with van der Waals surface area (Å²) in [6.45, 7) is 1.82. The van der Waals surface area contributed by atoms with E-state index in [1.165, 1.54) is 0 Å². The van der Waals surface area contributed by atoms with Crippen LogP contribution in [0.1, 0.15) is 23.7 Å². The average molecular weight is 250 g/mol. The number of Topliss-reactive ketones (excluding diaryl/α,β-unsaturated/α-hetero) is 2. The number of hydrogen-bond donors (Lipinski definition) is 0. The van der Waals surface area contributed by atoms with E-state index < -0.39 is 16.0 Å². The van der Waals surface area contributed by atoms with Gasteiger partial charge in [-0.3, -0.25) is 13.8 Å². The average Bonchev–Trinajstić information content (AvgIpc) is 2.28. The standard InChI is InChI=1S/C13H14O3S/c1-9-7-11(14)8-17(16)13(9)12(15)10-5-3-2-4-6-10/h2-6,9,13H,7-8H2,1H3/t9-,13-,17?/m0/s1. The van der Waals surface area contributed by atoms with E-state index in [-0.39, 0.29) is 23.2 Å². The molecule has 3 nitrogen and oxygen atoms in total. The van der Waals surface area contributed by atoms with E-state index in [9.17, 15) is 13.8 Å². The maximum Gasteiger partial charge on any atom is 0.178 e. The number of rotatable bonds is 2. The van der Waals surface area contributed by atoms with Crippen molar-refractivity contribution in [3.8, 4) is 0 Å². The molecule has 1 aromatic rings. The van der Waals surface area contributed by atoms with Crippen LogP contribution < -0.4 is 0 Å². The lowest BCUT2D eigenvalue weighted by Gasteiger charge is -2.26. The molecule has 1 aliphatic rings. The van der Waals surface area contributed by atoms with Crippen LogP contribution in [0.5, 0.6) is 0 Å². The molecule has 0 N–H and O–H groups in total. The molecule has 3 atom stereocenters. The third-order valence-corrected chi connectivity index (χ3v) is 4.82. The zero-order valence-corrected chi connectivity index (χ0v) is 10.4. The number of ketones is 2. The van der Waals surface area contributed by atoms with Crippen molar-refractivity contribution in [1.29, 1.82) is 0 Å². The summed E-state index contributed by atoms with van der Waals surface area (Å²) in [5.74, 6) is -0.227.